The topological polar surface area (TPSA) is 67.2 Å². The predicted octanol–water partition coefficient (Wildman–Crippen LogP) is 1.54. The maximum atomic E-state index is 11.8. The summed E-state index contributed by atoms with van der Waals surface area (Å²) < 4.78 is 1.66. The Morgan fingerprint density at radius 3 is 2.86 bits per heavy atom. The van der Waals surface area contributed by atoms with E-state index in [9.17, 15) is 4.79 Å². The number of aliphatic hydroxyl groups is 1. The molecule has 1 aliphatic heterocycles. The maximum absolute atomic E-state index is 11.8. The molecule has 0 spiro atoms. The third-order valence-corrected chi connectivity index (χ3v) is 3.47. The number of β-amino-alcohol motifs (C(OH)–C–C–N with tert-alkyl or cyclic N) is 1. The molecule has 21 heavy (non-hydrogen) atoms. The van der Waals surface area contributed by atoms with Crippen LogP contribution in [0.4, 0.5) is 0 Å². The van der Waals surface area contributed by atoms with Crippen molar-refractivity contribution in [2.24, 2.45) is 0 Å². The Hall–Kier alpha value is -1.72. The SMILES string of the molecule is CCCn1cnc2ccccc2c1=O.OC1CCCNC1. The summed E-state index contributed by atoms with van der Waals surface area (Å²) in [6, 6.07) is 7.42. The van der Waals surface area contributed by atoms with E-state index in [0.29, 0.717) is 5.39 Å². The van der Waals surface area contributed by atoms with Gasteiger partial charge < -0.3 is 10.4 Å². The molecule has 1 aliphatic rings. The molecule has 5 nitrogen and oxygen atoms in total. The first-order valence-corrected chi connectivity index (χ1v) is 7.55. The quantitative estimate of drug-likeness (QED) is 0.880. The number of hydrogen-bond acceptors (Lipinski definition) is 4. The molecule has 1 saturated heterocycles. The van der Waals surface area contributed by atoms with Gasteiger partial charge in [-0.05, 0) is 37.9 Å². The molecule has 0 aliphatic carbocycles. The van der Waals surface area contributed by atoms with Crippen molar-refractivity contribution in [2.45, 2.75) is 38.8 Å². The third-order valence-electron chi connectivity index (χ3n) is 3.47. The van der Waals surface area contributed by atoms with Crippen molar-refractivity contribution in [2.75, 3.05) is 13.1 Å². The molecule has 1 unspecified atom stereocenters. The van der Waals surface area contributed by atoms with Gasteiger partial charge in [-0.25, -0.2) is 4.98 Å². The van der Waals surface area contributed by atoms with Crippen molar-refractivity contribution in [3.8, 4) is 0 Å². The highest BCUT2D eigenvalue weighted by molar-refractivity contribution is 5.76. The summed E-state index contributed by atoms with van der Waals surface area (Å²) in [5.41, 5.74) is 0.822. The van der Waals surface area contributed by atoms with Crippen LogP contribution in [0.15, 0.2) is 35.4 Å². The van der Waals surface area contributed by atoms with Gasteiger partial charge in [0.1, 0.15) is 0 Å². The zero-order valence-electron chi connectivity index (χ0n) is 12.5. The van der Waals surface area contributed by atoms with Gasteiger partial charge in [0.25, 0.3) is 5.56 Å². The van der Waals surface area contributed by atoms with Gasteiger partial charge in [0.15, 0.2) is 0 Å². The van der Waals surface area contributed by atoms with E-state index < -0.39 is 0 Å². The van der Waals surface area contributed by atoms with Crippen LogP contribution in [-0.2, 0) is 6.54 Å². The number of benzene rings is 1. The molecule has 0 amide bonds. The highest BCUT2D eigenvalue weighted by Gasteiger charge is 2.06. The van der Waals surface area contributed by atoms with E-state index in [4.69, 9.17) is 5.11 Å². The van der Waals surface area contributed by atoms with Gasteiger partial charge in [-0.3, -0.25) is 9.36 Å². The molecule has 114 valence electrons. The van der Waals surface area contributed by atoms with E-state index in [0.717, 1.165) is 44.4 Å². The first-order chi connectivity index (χ1) is 10.2. The second-order valence-corrected chi connectivity index (χ2v) is 5.26. The Morgan fingerprint density at radius 2 is 2.24 bits per heavy atom. The lowest BCUT2D eigenvalue weighted by Crippen LogP contribution is -2.33. The van der Waals surface area contributed by atoms with Crippen LogP contribution < -0.4 is 10.9 Å². The molecule has 2 heterocycles. The number of aryl methyl sites for hydroxylation is 1. The summed E-state index contributed by atoms with van der Waals surface area (Å²) in [5.74, 6) is 0. The molecule has 0 saturated carbocycles. The smallest absolute Gasteiger partial charge is 0.261 e. The lowest BCUT2D eigenvalue weighted by Gasteiger charge is -2.16. The van der Waals surface area contributed by atoms with E-state index >= 15 is 0 Å². The van der Waals surface area contributed by atoms with Crippen molar-refractivity contribution in [1.82, 2.24) is 14.9 Å². The standard InChI is InChI=1S/C11H12N2O.C5H11NO/c1-2-7-13-8-12-10-6-4-3-5-9(10)11(13)14;7-5-2-1-3-6-4-5/h3-6,8H,2,7H2,1H3;5-7H,1-4H2. The molecule has 0 radical (unpaired) electrons. The van der Waals surface area contributed by atoms with Crippen LogP contribution in [0.5, 0.6) is 0 Å². The number of piperidine rings is 1. The van der Waals surface area contributed by atoms with Crippen molar-refractivity contribution in [3.05, 3.63) is 40.9 Å². The predicted molar refractivity (Wildman–Crippen MR) is 84.4 cm³/mol. The highest BCUT2D eigenvalue weighted by atomic mass is 16.3. The Balaban J connectivity index is 0.000000194. The number of hydrogen-bond donors (Lipinski definition) is 2. The monoisotopic (exact) mass is 289 g/mol. The van der Waals surface area contributed by atoms with E-state index in [1.165, 1.54) is 0 Å². The molecule has 1 fully saturated rings. The van der Waals surface area contributed by atoms with Gasteiger partial charge in [-0.1, -0.05) is 19.1 Å². The van der Waals surface area contributed by atoms with Crippen LogP contribution in [0, 0.1) is 0 Å². The Kier molecular flexibility index (Phi) is 5.90. The number of nitrogens with one attached hydrogen (secondary N) is 1. The van der Waals surface area contributed by atoms with Gasteiger partial charge in [-0.15, -0.1) is 0 Å². The molecular weight excluding hydrogens is 266 g/mol. The van der Waals surface area contributed by atoms with E-state index in [2.05, 4.69) is 10.3 Å². The molecule has 3 rings (SSSR count). The molecule has 2 aromatic rings. The highest BCUT2D eigenvalue weighted by Crippen LogP contribution is 2.04. The van der Waals surface area contributed by atoms with Crippen molar-refractivity contribution >= 4 is 10.9 Å². The number of aromatic nitrogens is 2. The Labute approximate surface area is 124 Å². The largest absolute Gasteiger partial charge is 0.392 e. The van der Waals surface area contributed by atoms with Gasteiger partial charge in [-0.2, -0.15) is 0 Å². The maximum Gasteiger partial charge on any atom is 0.261 e. The van der Waals surface area contributed by atoms with Crippen molar-refractivity contribution < 1.29 is 5.11 Å². The Bertz CT molecular complexity index is 618. The first kappa shape index (κ1) is 15.7. The number of aliphatic hydroxyl groups excluding tert-OH is 1. The summed E-state index contributed by atoms with van der Waals surface area (Å²) >= 11 is 0. The molecule has 1 atom stereocenters. The van der Waals surface area contributed by atoms with E-state index in [1.54, 1.807) is 10.9 Å². The summed E-state index contributed by atoms with van der Waals surface area (Å²) in [5, 5.41) is 12.6. The average molecular weight is 289 g/mol. The van der Waals surface area contributed by atoms with Crippen LogP contribution in [0.2, 0.25) is 0 Å². The second kappa shape index (κ2) is 7.90. The summed E-state index contributed by atoms with van der Waals surface area (Å²) in [4.78, 5) is 16.1. The minimum atomic E-state index is -0.0752. The molecule has 1 aromatic carbocycles. The van der Waals surface area contributed by atoms with Crippen LogP contribution in [0.1, 0.15) is 26.2 Å². The fourth-order valence-corrected chi connectivity index (χ4v) is 2.34. The average Bonchev–Trinajstić information content (AvgIpc) is 2.52. The number of nitrogens with zero attached hydrogens (tertiary/aromatic N) is 2. The van der Waals surface area contributed by atoms with Crippen LogP contribution in [-0.4, -0.2) is 33.9 Å². The first-order valence-electron chi connectivity index (χ1n) is 7.55. The molecule has 1 aromatic heterocycles. The lowest BCUT2D eigenvalue weighted by molar-refractivity contribution is 0.142. The normalized spacial score (nSPS) is 18.1. The lowest BCUT2D eigenvalue weighted by atomic mass is 10.1. The second-order valence-electron chi connectivity index (χ2n) is 5.26. The Morgan fingerprint density at radius 1 is 1.43 bits per heavy atom. The van der Waals surface area contributed by atoms with Crippen LogP contribution in [0.3, 0.4) is 0 Å². The fourth-order valence-electron chi connectivity index (χ4n) is 2.34. The fraction of sp³-hybridized carbons (Fsp3) is 0.500. The van der Waals surface area contributed by atoms with Gasteiger partial charge in [0.05, 0.1) is 23.3 Å². The number of fused-ring (bicyclic) bond motifs is 1. The molecular formula is C16H23N3O2. The van der Waals surface area contributed by atoms with E-state index in [-0.39, 0.29) is 11.7 Å². The summed E-state index contributed by atoms with van der Waals surface area (Å²) in [6.45, 7) is 4.65. The molecule has 2 N–H and O–H groups in total. The van der Waals surface area contributed by atoms with E-state index in [1.807, 2.05) is 31.2 Å². The van der Waals surface area contributed by atoms with Crippen molar-refractivity contribution in [3.63, 3.8) is 0 Å². The van der Waals surface area contributed by atoms with Gasteiger partial charge >= 0.3 is 0 Å². The third kappa shape index (κ3) is 4.37. The van der Waals surface area contributed by atoms with Gasteiger partial charge in [0.2, 0.25) is 0 Å². The van der Waals surface area contributed by atoms with Crippen LogP contribution in [0.25, 0.3) is 10.9 Å². The van der Waals surface area contributed by atoms with Gasteiger partial charge in [0, 0.05) is 13.1 Å². The van der Waals surface area contributed by atoms with Crippen molar-refractivity contribution in [1.29, 1.82) is 0 Å². The zero-order chi connectivity index (χ0) is 15.1. The number of para-hydroxylation sites is 1. The molecule has 0 bridgehead atoms. The van der Waals surface area contributed by atoms with Crippen LogP contribution >= 0.6 is 0 Å². The minimum absolute atomic E-state index is 0.0532. The molecule has 5 heteroatoms. The zero-order valence-corrected chi connectivity index (χ0v) is 12.5. The summed E-state index contributed by atoms with van der Waals surface area (Å²) in [6.07, 6.45) is 4.59. The summed E-state index contributed by atoms with van der Waals surface area (Å²) in [7, 11) is 0. The minimum Gasteiger partial charge on any atom is -0.392 e. The number of rotatable bonds is 2.